The van der Waals surface area contributed by atoms with Gasteiger partial charge < -0.3 is 4.74 Å². The Morgan fingerprint density at radius 1 is 1.09 bits per heavy atom. The van der Waals surface area contributed by atoms with Crippen LogP contribution in [0.1, 0.15) is 65.8 Å². The summed E-state index contributed by atoms with van der Waals surface area (Å²) >= 11 is 0. The molecule has 0 radical (unpaired) electrons. The van der Waals surface area contributed by atoms with E-state index in [0.29, 0.717) is 0 Å². The Bertz CT molecular complexity index is 536. The first-order valence-electron chi connectivity index (χ1n) is 8.79. The highest BCUT2D eigenvalue weighted by atomic mass is 16.5. The number of nitrogens with one attached hydrogen (secondary N) is 1. The number of aromatic amines is 1. The van der Waals surface area contributed by atoms with E-state index in [0.717, 1.165) is 37.2 Å². The third-order valence-electron chi connectivity index (χ3n) is 5.21. The zero-order valence-electron chi connectivity index (χ0n) is 15.1. The molecule has 1 aromatic rings. The second-order valence-corrected chi connectivity index (χ2v) is 9.10. The zero-order valence-corrected chi connectivity index (χ0v) is 15.1. The van der Waals surface area contributed by atoms with Gasteiger partial charge in [0.25, 0.3) is 0 Å². The molecule has 1 heterocycles. The molecule has 2 aliphatic rings. The molecule has 124 valence electrons. The molecule has 3 atom stereocenters. The lowest BCUT2D eigenvalue weighted by molar-refractivity contribution is -0.811. The van der Waals surface area contributed by atoms with E-state index >= 15 is 0 Å². The summed E-state index contributed by atoms with van der Waals surface area (Å²) in [5, 5.41) is 7.83. The largest absolute Gasteiger partial charge is 0.376 e. The monoisotopic (exact) mass is 306 g/mol. The van der Waals surface area contributed by atoms with Crippen molar-refractivity contribution < 1.29 is 9.42 Å². The average molecular weight is 306 g/mol. The second-order valence-electron chi connectivity index (χ2n) is 9.10. The smallest absolute Gasteiger partial charge is 0.221 e. The van der Waals surface area contributed by atoms with Crippen molar-refractivity contribution in [1.82, 2.24) is 10.3 Å². The van der Waals surface area contributed by atoms with Gasteiger partial charge in [0.1, 0.15) is 5.54 Å². The summed E-state index contributed by atoms with van der Waals surface area (Å²) in [6.45, 7) is 14.1. The van der Waals surface area contributed by atoms with E-state index < -0.39 is 0 Å². The normalized spacial score (nSPS) is 28.5. The highest BCUT2D eigenvalue weighted by Crippen LogP contribution is 2.53. The van der Waals surface area contributed by atoms with Gasteiger partial charge in [-0.15, -0.1) is 0 Å². The SMILES string of the molecule is CC(C)(C)OCC1C2CCc3n[nH][n+](C(C)(C)C)c3CCC21. The molecule has 1 N–H and O–H groups in total. The molecule has 3 unspecified atom stereocenters. The summed E-state index contributed by atoms with van der Waals surface area (Å²) < 4.78 is 8.31. The Labute approximate surface area is 134 Å². The number of rotatable bonds is 2. The molecule has 22 heavy (non-hydrogen) atoms. The van der Waals surface area contributed by atoms with E-state index in [9.17, 15) is 0 Å². The van der Waals surface area contributed by atoms with Crippen molar-refractivity contribution in [3.8, 4) is 0 Å². The van der Waals surface area contributed by atoms with Gasteiger partial charge in [0.05, 0.1) is 12.2 Å². The third kappa shape index (κ3) is 3.22. The van der Waals surface area contributed by atoms with Crippen LogP contribution in [0, 0.1) is 17.8 Å². The minimum Gasteiger partial charge on any atom is -0.376 e. The van der Waals surface area contributed by atoms with Gasteiger partial charge in [0, 0.05) is 17.9 Å². The van der Waals surface area contributed by atoms with Crippen molar-refractivity contribution >= 4 is 0 Å². The summed E-state index contributed by atoms with van der Waals surface area (Å²) in [7, 11) is 0. The molecule has 2 aliphatic carbocycles. The van der Waals surface area contributed by atoms with Gasteiger partial charge in [0.2, 0.25) is 5.69 Å². The van der Waals surface area contributed by atoms with Crippen molar-refractivity contribution in [2.24, 2.45) is 17.8 Å². The predicted octanol–water partition coefficient (Wildman–Crippen LogP) is 3.01. The Balaban J connectivity index is 1.67. The molecule has 0 aromatic carbocycles. The number of H-pyrrole nitrogens is 1. The number of aryl methyl sites for hydroxylation is 1. The summed E-state index contributed by atoms with van der Waals surface area (Å²) in [6, 6.07) is 0. The number of fused-ring (bicyclic) bond motifs is 2. The summed E-state index contributed by atoms with van der Waals surface area (Å²) in [4.78, 5) is 0. The lowest BCUT2D eigenvalue weighted by Gasteiger charge is -2.19. The topological polar surface area (TPSA) is 41.8 Å². The van der Waals surface area contributed by atoms with Crippen LogP contribution in [0.5, 0.6) is 0 Å². The first-order chi connectivity index (χ1) is 10.2. The van der Waals surface area contributed by atoms with E-state index in [1.165, 1.54) is 24.2 Å². The van der Waals surface area contributed by atoms with Crippen LogP contribution in [0.2, 0.25) is 0 Å². The molecule has 0 spiro atoms. The maximum Gasteiger partial charge on any atom is 0.221 e. The van der Waals surface area contributed by atoms with Gasteiger partial charge in [-0.2, -0.15) is 4.68 Å². The van der Waals surface area contributed by atoms with Crippen molar-refractivity contribution in [3.05, 3.63) is 11.4 Å². The standard InChI is InChI=1S/C18H31N3O/c1-17(2,3)21-16-10-8-13-12(7-9-15(16)19-20-21)14(13)11-22-18(4,5)6/h12-14H,7-11H2,1-6H3/p+1. The second kappa shape index (κ2) is 5.33. The quantitative estimate of drug-likeness (QED) is 0.853. The molecule has 0 aliphatic heterocycles. The minimum absolute atomic E-state index is 0.0137. The average Bonchev–Trinajstić information content (AvgIpc) is 2.83. The summed E-state index contributed by atoms with van der Waals surface area (Å²) in [6.07, 6.45) is 4.81. The van der Waals surface area contributed by atoms with Gasteiger partial charge in [-0.25, -0.2) is 0 Å². The van der Waals surface area contributed by atoms with Crippen molar-refractivity contribution in [3.63, 3.8) is 0 Å². The first kappa shape index (κ1) is 16.0. The first-order valence-corrected chi connectivity index (χ1v) is 8.79. The molecule has 1 fully saturated rings. The highest BCUT2D eigenvalue weighted by molar-refractivity contribution is 5.11. The highest BCUT2D eigenvalue weighted by Gasteiger charge is 2.51. The molecule has 3 rings (SSSR count). The molecule has 0 bridgehead atoms. The molecule has 4 heteroatoms. The van der Waals surface area contributed by atoms with Gasteiger partial charge in [-0.3, -0.25) is 0 Å². The Morgan fingerprint density at radius 2 is 1.73 bits per heavy atom. The van der Waals surface area contributed by atoms with Crippen molar-refractivity contribution in [2.75, 3.05) is 6.61 Å². The van der Waals surface area contributed by atoms with E-state index in [-0.39, 0.29) is 11.1 Å². The Hall–Kier alpha value is -0.900. The maximum absolute atomic E-state index is 6.04. The van der Waals surface area contributed by atoms with E-state index in [2.05, 4.69) is 56.5 Å². The summed E-state index contributed by atoms with van der Waals surface area (Å²) in [5.74, 6) is 2.49. The number of ether oxygens (including phenoxy) is 1. The fraction of sp³-hybridized carbons (Fsp3) is 0.889. The van der Waals surface area contributed by atoms with Crippen LogP contribution in [-0.4, -0.2) is 22.5 Å². The van der Waals surface area contributed by atoms with E-state index in [1.54, 1.807) is 0 Å². The zero-order chi connectivity index (χ0) is 16.1. The van der Waals surface area contributed by atoms with Crippen molar-refractivity contribution in [2.45, 2.75) is 78.4 Å². The number of nitrogens with zero attached hydrogens (tertiary/aromatic N) is 2. The van der Waals surface area contributed by atoms with Gasteiger partial charge in [0.15, 0.2) is 5.69 Å². The predicted molar refractivity (Wildman–Crippen MR) is 86.6 cm³/mol. The Kier molecular flexibility index (Phi) is 3.87. The van der Waals surface area contributed by atoms with E-state index in [4.69, 9.17) is 4.74 Å². The number of hydrogen-bond acceptors (Lipinski definition) is 2. The van der Waals surface area contributed by atoms with Crippen molar-refractivity contribution in [1.29, 1.82) is 0 Å². The molecule has 1 aromatic heterocycles. The fourth-order valence-electron chi connectivity index (χ4n) is 3.96. The summed E-state index contributed by atoms with van der Waals surface area (Å²) in [5.41, 5.74) is 2.78. The molecular weight excluding hydrogens is 274 g/mol. The maximum atomic E-state index is 6.04. The van der Waals surface area contributed by atoms with Crippen LogP contribution < -0.4 is 4.68 Å². The van der Waals surface area contributed by atoms with Crippen LogP contribution in [-0.2, 0) is 23.1 Å². The molecule has 4 nitrogen and oxygen atoms in total. The molecular formula is C18H32N3O+. The molecule has 0 saturated heterocycles. The van der Waals surface area contributed by atoms with Crippen LogP contribution in [0.15, 0.2) is 0 Å². The van der Waals surface area contributed by atoms with Crippen LogP contribution in [0.25, 0.3) is 0 Å². The molecule has 1 saturated carbocycles. The van der Waals surface area contributed by atoms with E-state index in [1.807, 2.05) is 0 Å². The van der Waals surface area contributed by atoms with Crippen LogP contribution >= 0.6 is 0 Å². The van der Waals surface area contributed by atoms with Crippen LogP contribution in [0.4, 0.5) is 0 Å². The minimum atomic E-state index is -0.0137. The Morgan fingerprint density at radius 3 is 2.32 bits per heavy atom. The number of aromatic nitrogens is 3. The molecule has 0 amide bonds. The fourth-order valence-corrected chi connectivity index (χ4v) is 3.96. The third-order valence-corrected chi connectivity index (χ3v) is 5.21. The number of hydrogen-bond donors (Lipinski definition) is 1. The van der Waals surface area contributed by atoms with Crippen LogP contribution in [0.3, 0.4) is 0 Å². The lowest BCUT2D eigenvalue weighted by Crippen LogP contribution is -2.54. The lowest BCUT2D eigenvalue weighted by atomic mass is 10.00. The van der Waals surface area contributed by atoms with Gasteiger partial charge >= 0.3 is 0 Å². The van der Waals surface area contributed by atoms with Gasteiger partial charge in [-0.05, 0) is 72.1 Å². The van der Waals surface area contributed by atoms with Gasteiger partial charge in [-0.1, -0.05) is 5.21 Å².